The Morgan fingerprint density at radius 1 is 1.13 bits per heavy atom. The number of aromatic nitrogens is 2. The number of carbonyl (C=O) groups is 1. The van der Waals surface area contributed by atoms with Crippen LogP contribution in [0.15, 0.2) is 48.7 Å². The molecule has 2 aromatic carbocycles. The van der Waals surface area contributed by atoms with Gasteiger partial charge in [0.1, 0.15) is 11.5 Å². The van der Waals surface area contributed by atoms with Crippen molar-refractivity contribution >= 4 is 27.8 Å². The highest BCUT2D eigenvalue weighted by Gasteiger charge is 2.21. The van der Waals surface area contributed by atoms with Gasteiger partial charge in [0.15, 0.2) is 5.69 Å². The molecule has 0 spiro atoms. The van der Waals surface area contributed by atoms with Crippen LogP contribution in [0.2, 0.25) is 0 Å². The number of rotatable bonds is 6. The summed E-state index contributed by atoms with van der Waals surface area (Å²) in [5.74, 6) is 0.769. The van der Waals surface area contributed by atoms with Gasteiger partial charge in [0.05, 0.1) is 36.1 Å². The zero-order valence-corrected chi connectivity index (χ0v) is 17.4. The number of ether oxygens (including phenoxy) is 3. The van der Waals surface area contributed by atoms with Crippen LogP contribution in [-0.4, -0.2) is 29.2 Å². The summed E-state index contributed by atoms with van der Waals surface area (Å²) in [6.07, 6.45) is 1.38. The third-order valence-electron chi connectivity index (χ3n) is 4.75. The van der Waals surface area contributed by atoms with Crippen LogP contribution in [0.4, 0.5) is 0 Å². The van der Waals surface area contributed by atoms with E-state index < -0.39 is 5.97 Å². The van der Waals surface area contributed by atoms with E-state index in [9.17, 15) is 4.79 Å². The van der Waals surface area contributed by atoms with Gasteiger partial charge in [-0.1, -0.05) is 0 Å². The fourth-order valence-corrected chi connectivity index (χ4v) is 3.47. The topological polar surface area (TPSA) is 97.2 Å². The van der Waals surface area contributed by atoms with Gasteiger partial charge in [0, 0.05) is 29.0 Å². The van der Waals surface area contributed by atoms with E-state index in [1.165, 1.54) is 0 Å². The fourth-order valence-electron chi connectivity index (χ4n) is 3.47. The van der Waals surface area contributed by atoms with Crippen molar-refractivity contribution < 1.29 is 19.0 Å². The van der Waals surface area contributed by atoms with E-state index in [-0.39, 0.29) is 18.4 Å². The van der Waals surface area contributed by atoms with Crippen LogP contribution < -0.4 is 4.74 Å². The van der Waals surface area contributed by atoms with Crippen molar-refractivity contribution in [2.75, 3.05) is 7.11 Å². The smallest absolute Gasteiger partial charge is 0.357 e. The van der Waals surface area contributed by atoms with Gasteiger partial charge in [-0.15, -0.1) is 0 Å². The van der Waals surface area contributed by atoms with Crippen LogP contribution >= 0.6 is 0 Å². The first-order valence-corrected chi connectivity index (χ1v) is 9.81. The van der Waals surface area contributed by atoms with Crippen molar-refractivity contribution in [1.82, 2.24) is 9.97 Å². The lowest BCUT2D eigenvalue weighted by molar-refractivity contribution is 0.0366. The van der Waals surface area contributed by atoms with Crippen LogP contribution in [0.25, 0.3) is 21.8 Å². The zero-order chi connectivity index (χ0) is 22.0. The van der Waals surface area contributed by atoms with E-state index in [4.69, 9.17) is 19.5 Å². The van der Waals surface area contributed by atoms with Gasteiger partial charge in [-0.2, -0.15) is 5.26 Å². The molecular weight excluding hydrogens is 394 g/mol. The first-order valence-electron chi connectivity index (χ1n) is 9.81. The molecule has 4 aromatic rings. The number of H-pyrrole nitrogens is 1. The molecule has 0 atom stereocenters. The van der Waals surface area contributed by atoms with Crippen molar-refractivity contribution in [3.63, 3.8) is 0 Å². The lowest BCUT2D eigenvalue weighted by Crippen LogP contribution is -2.15. The molecule has 0 radical (unpaired) electrons. The molecule has 0 saturated carbocycles. The highest BCUT2D eigenvalue weighted by atomic mass is 16.5. The second-order valence-corrected chi connectivity index (χ2v) is 7.33. The second kappa shape index (κ2) is 8.46. The average Bonchev–Trinajstić information content (AvgIpc) is 3.12. The molecule has 4 rings (SSSR count). The Morgan fingerprint density at radius 3 is 2.55 bits per heavy atom. The summed E-state index contributed by atoms with van der Waals surface area (Å²) in [6, 6.07) is 14.7. The van der Waals surface area contributed by atoms with Gasteiger partial charge in [-0.3, -0.25) is 0 Å². The predicted octanol–water partition coefficient (Wildman–Crippen LogP) is 5.09. The Hall–Kier alpha value is -3.89. The molecule has 1 N–H and O–H groups in total. The van der Waals surface area contributed by atoms with Crippen molar-refractivity contribution in [2.24, 2.45) is 0 Å². The molecule has 2 aromatic heterocycles. The van der Waals surface area contributed by atoms with E-state index in [0.29, 0.717) is 22.6 Å². The summed E-state index contributed by atoms with van der Waals surface area (Å²) in [5, 5.41) is 10.7. The quantitative estimate of drug-likeness (QED) is 0.441. The van der Waals surface area contributed by atoms with Crippen LogP contribution in [0.1, 0.15) is 35.5 Å². The van der Waals surface area contributed by atoms with Crippen LogP contribution in [-0.2, 0) is 16.1 Å². The molecule has 0 amide bonds. The summed E-state index contributed by atoms with van der Waals surface area (Å²) in [7, 11) is 1.57. The largest absolute Gasteiger partial charge is 0.458 e. The molecule has 0 saturated heterocycles. The number of fused-ring (bicyclic) bond motifs is 3. The van der Waals surface area contributed by atoms with E-state index >= 15 is 0 Å². The number of pyridine rings is 1. The first kappa shape index (κ1) is 20.4. The molecule has 0 aliphatic heterocycles. The monoisotopic (exact) mass is 415 g/mol. The summed E-state index contributed by atoms with van der Waals surface area (Å²) in [4.78, 5) is 20.3. The number of nitrogens with one attached hydrogen (secondary N) is 1. The number of methoxy groups -OCH3 is 1. The normalized spacial score (nSPS) is 11.1. The van der Waals surface area contributed by atoms with Crippen molar-refractivity contribution in [2.45, 2.75) is 26.6 Å². The number of hydrogen-bond donors (Lipinski definition) is 1. The molecule has 7 nitrogen and oxygen atoms in total. The minimum Gasteiger partial charge on any atom is -0.458 e. The van der Waals surface area contributed by atoms with E-state index in [2.05, 4.69) is 16.0 Å². The number of hydrogen-bond acceptors (Lipinski definition) is 6. The van der Waals surface area contributed by atoms with Gasteiger partial charge >= 0.3 is 5.97 Å². The Balaban J connectivity index is 1.82. The minimum atomic E-state index is -0.483. The fraction of sp³-hybridized carbons (Fsp3) is 0.208. The SMILES string of the molecule is COCc1c(C(=O)OC(C)C)ncc2[nH]c3ccc(Oc4ccc(C#N)cc4)cc3c12. The summed E-state index contributed by atoms with van der Waals surface area (Å²) in [5.41, 5.74) is 3.14. The number of nitrogens with zero attached hydrogens (tertiary/aromatic N) is 2. The second-order valence-electron chi connectivity index (χ2n) is 7.33. The lowest BCUT2D eigenvalue weighted by Gasteiger charge is -2.12. The van der Waals surface area contributed by atoms with Crippen LogP contribution in [0.5, 0.6) is 11.5 Å². The first-order chi connectivity index (χ1) is 15.0. The van der Waals surface area contributed by atoms with E-state index in [1.54, 1.807) is 51.4 Å². The molecule has 2 heterocycles. The Bertz CT molecular complexity index is 1300. The number of nitriles is 1. The minimum absolute atomic E-state index is 0.209. The van der Waals surface area contributed by atoms with Gasteiger partial charge in [0.2, 0.25) is 0 Å². The predicted molar refractivity (Wildman–Crippen MR) is 116 cm³/mol. The van der Waals surface area contributed by atoms with Crippen molar-refractivity contribution in [1.29, 1.82) is 5.26 Å². The highest BCUT2D eigenvalue weighted by Crippen LogP contribution is 2.34. The molecule has 31 heavy (non-hydrogen) atoms. The average molecular weight is 415 g/mol. The molecule has 156 valence electrons. The maximum absolute atomic E-state index is 12.6. The summed E-state index contributed by atoms with van der Waals surface area (Å²) < 4.78 is 16.7. The molecule has 0 aliphatic carbocycles. The number of esters is 1. The maximum Gasteiger partial charge on any atom is 0.357 e. The summed E-state index contributed by atoms with van der Waals surface area (Å²) in [6.45, 7) is 3.80. The van der Waals surface area contributed by atoms with Crippen molar-refractivity contribution in [3.05, 3.63) is 65.5 Å². The standard InChI is InChI=1S/C24H21N3O4/c1-14(2)30-24(28)23-19(13-29-3)22-18-10-17(8-9-20(18)27-21(22)12-26-23)31-16-6-4-15(11-25)5-7-16/h4-10,12,14,27H,13H2,1-3H3. The third kappa shape index (κ3) is 4.06. The number of aromatic amines is 1. The van der Waals surface area contributed by atoms with Gasteiger partial charge in [0.25, 0.3) is 0 Å². The molecular formula is C24H21N3O4. The Morgan fingerprint density at radius 2 is 1.87 bits per heavy atom. The Labute approximate surface area is 179 Å². The molecule has 0 bridgehead atoms. The number of benzene rings is 2. The molecule has 0 aliphatic rings. The number of carbonyl (C=O) groups excluding carboxylic acids is 1. The third-order valence-corrected chi connectivity index (χ3v) is 4.75. The van der Waals surface area contributed by atoms with Crippen LogP contribution in [0.3, 0.4) is 0 Å². The molecule has 7 heteroatoms. The van der Waals surface area contributed by atoms with Gasteiger partial charge in [-0.25, -0.2) is 9.78 Å². The van der Waals surface area contributed by atoms with Crippen LogP contribution in [0, 0.1) is 11.3 Å². The maximum atomic E-state index is 12.6. The van der Waals surface area contributed by atoms with Gasteiger partial charge in [-0.05, 0) is 56.3 Å². The summed E-state index contributed by atoms with van der Waals surface area (Å²) >= 11 is 0. The molecule has 0 fully saturated rings. The van der Waals surface area contributed by atoms with E-state index in [1.807, 2.05) is 18.2 Å². The Kier molecular flexibility index (Phi) is 5.56. The van der Waals surface area contributed by atoms with Crippen molar-refractivity contribution in [3.8, 4) is 17.6 Å². The zero-order valence-electron chi connectivity index (χ0n) is 17.4. The van der Waals surface area contributed by atoms with E-state index in [0.717, 1.165) is 21.8 Å². The lowest BCUT2D eigenvalue weighted by atomic mass is 10.1. The highest BCUT2D eigenvalue weighted by molar-refractivity contribution is 6.11. The van der Waals surface area contributed by atoms with Gasteiger partial charge < -0.3 is 19.2 Å². The molecule has 0 unspecified atom stereocenters.